The Kier molecular flexibility index (Phi) is 9.44. The summed E-state index contributed by atoms with van der Waals surface area (Å²) < 4.78 is 22.4. The van der Waals surface area contributed by atoms with Crippen molar-refractivity contribution in [2.24, 2.45) is 0 Å². The minimum Gasteiger partial charge on any atom is -0.491 e. The summed E-state index contributed by atoms with van der Waals surface area (Å²) in [4.78, 5) is 23.8. The van der Waals surface area contributed by atoms with Gasteiger partial charge in [-0.1, -0.05) is 53.8 Å². The van der Waals surface area contributed by atoms with Crippen LogP contribution in [0.5, 0.6) is 5.75 Å². The first-order chi connectivity index (χ1) is 25.0. The van der Waals surface area contributed by atoms with Crippen molar-refractivity contribution in [3.05, 3.63) is 120 Å². The third kappa shape index (κ3) is 6.82. The fraction of sp³-hybridized carbons (Fsp3) is 0.324. The Bertz CT molecular complexity index is 2130. The monoisotopic (exact) mass is 799 g/mol. The zero-order valence-corrected chi connectivity index (χ0v) is 30.3. The molecule has 5 heterocycles. The predicted octanol–water partition coefficient (Wildman–Crippen LogP) is 5.19. The maximum Gasteiger partial charge on any atom is 0.351 e. The molecule has 0 bridgehead atoms. The van der Waals surface area contributed by atoms with Crippen LogP contribution >= 0.6 is 22.6 Å². The Balaban J connectivity index is 0.867. The summed E-state index contributed by atoms with van der Waals surface area (Å²) in [6.07, 6.45) is 7.20. The molecule has 13 nitrogen and oxygen atoms in total. The highest BCUT2D eigenvalue weighted by atomic mass is 127. The fourth-order valence-corrected chi connectivity index (χ4v) is 7.11. The van der Waals surface area contributed by atoms with Gasteiger partial charge in [0.25, 0.3) is 0 Å². The molecule has 2 saturated heterocycles. The first-order valence-corrected chi connectivity index (χ1v) is 18.4. The number of anilines is 2. The maximum atomic E-state index is 12.8. The van der Waals surface area contributed by atoms with Gasteiger partial charge < -0.3 is 24.0 Å². The summed E-state index contributed by atoms with van der Waals surface area (Å²) in [5.74, 6) is -0.335. The van der Waals surface area contributed by atoms with Crippen molar-refractivity contribution in [2.45, 2.75) is 35.8 Å². The van der Waals surface area contributed by atoms with E-state index in [1.54, 1.807) is 34.3 Å². The molecular weight excluding hydrogens is 761 g/mol. The van der Waals surface area contributed by atoms with Gasteiger partial charge in [0.15, 0.2) is 0 Å². The number of benzene rings is 3. The fourth-order valence-electron chi connectivity index (χ4n) is 6.73. The predicted molar refractivity (Wildman–Crippen MR) is 202 cm³/mol. The number of fused-ring (bicyclic) bond motifs is 1. The topological polar surface area (TPSA) is 118 Å². The van der Waals surface area contributed by atoms with Gasteiger partial charge in [0.1, 0.15) is 35.4 Å². The Morgan fingerprint density at radius 2 is 1.53 bits per heavy atom. The summed E-state index contributed by atoms with van der Waals surface area (Å²) in [5, 5.41) is 13.9. The molecule has 2 fully saturated rings. The summed E-state index contributed by atoms with van der Waals surface area (Å²) in [5.41, 5.74) is 4.65. The lowest BCUT2D eigenvalue weighted by atomic mass is 10.0. The molecule has 3 aromatic heterocycles. The Morgan fingerprint density at radius 1 is 0.863 bits per heavy atom. The molecule has 0 saturated carbocycles. The summed E-state index contributed by atoms with van der Waals surface area (Å²) in [6.45, 7) is 6.59. The Labute approximate surface area is 308 Å². The van der Waals surface area contributed by atoms with Gasteiger partial charge in [0.2, 0.25) is 5.79 Å². The van der Waals surface area contributed by atoms with E-state index in [4.69, 9.17) is 14.2 Å². The SMILES string of the molecule is CCC(I)n1ncn(-c2ccc(N3CCN(c4ccc(OCC5COC(Cn6nccn6)(c6cccc7cccnc67)O5)cc4)CC3)cc2)c1=O. The zero-order valence-electron chi connectivity index (χ0n) is 28.2. The van der Waals surface area contributed by atoms with Crippen LogP contribution < -0.4 is 20.2 Å². The Hall–Kier alpha value is -4.80. The lowest BCUT2D eigenvalue weighted by molar-refractivity contribution is -0.191. The van der Waals surface area contributed by atoms with Gasteiger partial charge in [-0.05, 0) is 61.0 Å². The van der Waals surface area contributed by atoms with Crippen molar-refractivity contribution in [2.75, 3.05) is 49.2 Å². The minimum atomic E-state index is -1.11. The van der Waals surface area contributed by atoms with Crippen LogP contribution in [0.1, 0.15) is 23.0 Å². The number of halogens is 1. The number of hydrogen-bond acceptors (Lipinski definition) is 10. The average molecular weight is 800 g/mol. The van der Waals surface area contributed by atoms with Crippen molar-refractivity contribution >= 4 is 44.9 Å². The van der Waals surface area contributed by atoms with Gasteiger partial charge in [-0.3, -0.25) is 4.98 Å². The molecule has 3 atom stereocenters. The maximum absolute atomic E-state index is 12.8. The molecule has 14 heteroatoms. The molecule has 6 aromatic rings. The number of piperazine rings is 1. The van der Waals surface area contributed by atoms with Gasteiger partial charge in [-0.2, -0.15) is 20.1 Å². The van der Waals surface area contributed by atoms with Crippen molar-refractivity contribution in [3.8, 4) is 11.4 Å². The molecule has 3 unspecified atom stereocenters. The van der Waals surface area contributed by atoms with Gasteiger partial charge >= 0.3 is 5.69 Å². The second kappa shape index (κ2) is 14.4. The molecule has 0 N–H and O–H groups in total. The minimum absolute atomic E-state index is 0.0373. The number of hydrogen-bond donors (Lipinski definition) is 0. The summed E-state index contributed by atoms with van der Waals surface area (Å²) in [7, 11) is 0. The van der Waals surface area contributed by atoms with E-state index in [1.165, 1.54) is 4.68 Å². The van der Waals surface area contributed by atoms with Gasteiger partial charge in [0, 0.05) is 54.7 Å². The second-order valence-corrected chi connectivity index (χ2v) is 14.0. The van der Waals surface area contributed by atoms with E-state index in [0.29, 0.717) is 13.2 Å². The molecule has 3 aromatic carbocycles. The van der Waals surface area contributed by atoms with Crippen LogP contribution in [0.3, 0.4) is 0 Å². The third-order valence-electron chi connectivity index (χ3n) is 9.42. The highest BCUT2D eigenvalue weighted by molar-refractivity contribution is 14.1. The number of nitrogens with zero attached hydrogens (tertiary/aromatic N) is 9. The van der Waals surface area contributed by atoms with E-state index in [1.807, 2.05) is 61.5 Å². The van der Waals surface area contributed by atoms with E-state index in [-0.39, 0.29) is 22.4 Å². The first-order valence-electron chi connectivity index (χ1n) is 17.1. The van der Waals surface area contributed by atoms with Crippen molar-refractivity contribution in [1.82, 2.24) is 34.3 Å². The van der Waals surface area contributed by atoms with Gasteiger partial charge in [-0.15, -0.1) is 0 Å². The number of alkyl halides is 1. The standard InChI is InChI=1S/C37H38IN9O4/c1-2-34(38)47-36(48)45(26-42-47)30-10-8-28(9-11-30)43-19-21-44(22-20-43)29-12-14-31(15-13-29)49-23-32-24-50-37(51-32,25-46-40-17-18-41-46)33-7-3-5-27-6-4-16-39-35(27)33/h3-18,26,32,34H,2,19-25H2,1H3. The number of ether oxygens (including phenoxy) is 3. The molecule has 0 amide bonds. The third-order valence-corrected chi connectivity index (χ3v) is 10.8. The van der Waals surface area contributed by atoms with Crippen LogP contribution in [0.15, 0.2) is 109 Å². The molecule has 0 radical (unpaired) electrons. The van der Waals surface area contributed by atoms with E-state index in [0.717, 1.165) is 71.9 Å². The highest BCUT2D eigenvalue weighted by Gasteiger charge is 2.46. The number of aromatic nitrogens is 7. The van der Waals surface area contributed by atoms with E-state index >= 15 is 0 Å². The quantitative estimate of drug-likeness (QED) is 0.128. The average Bonchev–Trinajstić information content (AvgIpc) is 3.95. The summed E-state index contributed by atoms with van der Waals surface area (Å²) in [6, 6.07) is 26.3. The largest absolute Gasteiger partial charge is 0.491 e. The molecule has 0 spiro atoms. The number of pyridine rings is 1. The van der Waals surface area contributed by atoms with E-state index < -0.39 is 5.79 Å². The van der Waals surface area contributed by atoms with Crippen LogP contribution in [0.2, 0.25) is 0 Å². The molecule has 51 heavy (non-hydrogen) atoms. The van der Waals surface area contributed by atoms with Crippen molar-refractivity contribution in [3.63, 3.8) is 0 Å². The lowest BCUT2D eigenvalue weighted by Gasteiger charge is -2.37. The first kappa shape index (κ1) is 33.3. The second-order valence-electron chi connectivity index (χ2n) is 12.6. The van der Waals surface area contributed by atoms with Crippen LogP contribution in [0, 0.1) is 0 Å². The van der Waals surface area contributed by atoms with Crippen LogP contribution in [-0.2, 0) is 21.8 Å². The molecule has 2 aliphatic heterocycles. The van der Waals surface area contributed by atoms with Gasteiger partial charge in [0.05, 0.1) is 30.2 Å². The van der Waals surface area contributed by atoms with Crippen LogP contribution in [-0.4, -0.2) is 79.8 Å². The number of rotatable bonds is 11. The van der Waals surface area contributed by atoms with Crippen molar-refractivity contribution < 1.29 is 14.2 Å². The normalized spacial score (nSPS) is 19.8. The Morgan fingerprint density at radius 3 is 2.24 bits per heavy atom. The molecular formula is C37H38IN9O4. The molecule has 8 rings (SSSR count). The molecule has 262 valence electrons. The smallest absolute Gasteiger partial charge is 0.351 e. The van der Waals surface area contributed by atoms with E-state index in [2.05, 4.69) is 76.9 Å². The molecule has 0 aliphatic carbocycles. The van der Waals surface area contributed by atoms with Gasteiger partial charge in [-0.25, -0.2) is 14.0 Å². The van der Waals surface area contributed by atoms with Crippen LogP contribution in [0.4, 0.5) is 11.4 Å². The highest BCUT2D eigenvalue weighted by Crippen LogP contribution is 2.39. The van der Waals surface area contributed by atoms with Crippen molar-refractivity contribution in [1.29, 1.82) is 0 Å². The molecule has 2 aliphatic rings. The lowest BCUT2D eigenvalue weighted by Crippen LogP contribution is -2.46. The van der Waals surface area contributed by atoms with E-state index in [9.17, 15) is 4.79 Å². The van der Waals surface area contributed by atoms with Crippen LogP contribution in [0.25, 0.3) is 16.6 Å². The zero-order chi connectivity index (χ0) is 34.8. The summed E-state index contributed by atoms with van der Waals surface area (Å²) >= 11 is 2.25. The number of para-hydroxylation sites is 1.